The molecule has 29 heavy (non-hydrogen) atoms. The van der Waals surface area contributed by atoms with Crippen molar-refractivity contribution in [2.24, 2.45) is 7.05 Å². The van der Waals surface area contributed by atoms with Gasteiger partial charge in [0.15, 0.2) is 6.54 Å². The summed E-state index contributed by atoms with van der Waals surface area (Å²) in [6, 6.07) is 11.0. The number of benzene rings is 1. The Morgan fingerprint density at radius 3 is 2.52 bits per heavy atom. The number of aryl methyl sites for hydroxylation is 1. The molecule has 2 aliphatic rings. The molecule has 0 spiro atoms. The average Bonchev–Trinajstić information content (AvgIpc) is 3.44. The third-order valence-corrected chi connectivity index (χ3v) is 7.97. The summed E-state index contributed by atoms with van der Waals surface area (Å²) in [4.78, 5) is 14.2. The first-order valence-corrected chi connectivity index (χ1v) is 11.7. The number of sulfonamides is 1. The fourth-order valence-corrected chi connectivity index (χ4v) is 6.03. The summed E-state index contributed by atoms with van der Waals surface area (Å²) in [7, 11) is -1.38. The van der Waals surface area contributed by atoms with E-state index in [2.05, 4.69) is 16.0 Å². The van der Waals surface area contributed by atoms with Crippen molar-refractivity contribution >= 4 is 21.6 Å². The van der Waals surface area contributed by atoms with E-state index < -0.39 is 10.0 Å². The number of quaternary nitrogens is 1. The van der Waals surface area contributed by atoms with Gasteiger partial charge in [0.2, 0.25) is 10.0 Å². The van der Waals surface area contributed by atoms with Crippen molar-refractivity contribution < 1.29 is 18.1 Å². The quantitative estimate of drug-likeness (QED) is 0.741. The monoisotopic (exact) mass is 417 g/mol. The van der Waals surface area contributed by atoms with Gasteiger partial charge in [0.1, 0.15) is 6.04 Å². The maximum absolute atomic E-state index is 12.6. The summed E-state index contributed by atoms with van der Waals surface area (Å²) in [5.74, 6) is -0.0451. The fourth-order valence-electron chi connectivity index (χ4n) is 4.52. The first kappa shape index (κ1) is 20.1. The van der Waals surface area contributed by atoms with Gasteiger partial charge in [-0.1, -0.05) is 0 Å². The van der Waals surface area contributed by atoms with Gasteiger partial charge in [-0.3, -0.25) is 4.79 Å². The van der Waals surface area contributed by atoms with Crippen LogP contribution in [0.1, 0.15) is 37.4 Å². The van der Waals surface area contributed by atoms with Crippen LogP contribution in [0.2, 0.25) is 0 Å². The standard InChI is InChI=1S/C21H28N4O3S/c1-23-12-4-6-19(23)20-7-5-13-24(20)16-21(26)22-17-8-10-18(11-9-17)29(27,28)25-14-2-3-15-25/h4,6,8-12,20H,2-3,5,7,13-16H2,1H3,(H,22,26)/p+1/t20-/m1/s1. The first-order valence-electron chi connectivity index (χ1n) is 10.3. The van der Waals surface area contributed by atoms with Crippen molar-refractivity contribution in [3.8, 4) is 0 Å². The largest absolute Gasteiger partial charge is 0.350 e. The Bertz CT molecular complexity index is 962. The molecule has 0 bridgehead atoms. The summed E-state index contributed by atoms with van der Waals surface area (Å²) in [5.41, 5.74) is 1.89. The number of aromatic nitrogens is 1. The molecule has 2 aliphatic heterocycles. The van der Waals surface area contributed by atoms with E-state index in [-0.39, 0.29) is 10.8 Å². The SMILES string of the molecule is Cn1cccc1[C@H]1CCC[NH+]1CC(=O)Nc1ccc(S(=O)(=O)N2CCCC2)cc1. The van der Waals surface area contributed by atoms with Crippen molar-refractivity contribution in [1.82, 2.24) is 8.87 Å². The summed E-state index contributed by atoms with van der Waals surface area (Å²) in [5, 5.41) is 2.92. The van der Waals surface area contributed by atoms with Gasteiger partial charge in [0, 0.05) is 44.9 Å². The molecule has 4 rings (SSSR count). The predicted octanol–water partition coefficient (Wildman–Crippen LogP) is 1.17. The third kappa shape index (κ3) is 4.24. The van der Waals surface area contributed by atoms with Gasteiger partial charge in [-0.2, -0.15) is 4.31 Å². The molecule has 2 saturated heterocycles. The van der Waals surface area contributed by atoms with Crippen molar-refractivity contribution in [3.63, 3.8) is 0 Å². The molecular formula is C21H29N4O3S+. The number of rotatable bonds is 6. The summed E-state index contributed by atoms with van der Waals surface area (Å²) < 4.78 is 28.9. The minimum absolute atomic E-state index is 0.0451. The topological polar surface area (TPSA) is 75.8 Å². The Hall–Kier alpha value is -2.16. The second kappa shape index (κ2) is 8.30. The van der Waals surface area contributed by atoms with E-state index in [1.165, 1.54) is 14.9 Å². The molecule has 0 radical (unpaired) electrons. The normalized spacial score (nSPS) is 22.8. The van der Waals surface area contributed by atoms with E-state index in [1.807, 2.05) is 19.3 Å². The van der Waals surface area contributed by atoms with Gasteiger partial charge >= 0.3 is 0 Å². The van der Waals surface area contributed by atoms with Crippen LogP contribution < -0.4 is 10.2 Å². The maximum Gasteiger partial charge on any atom is 0.279 e. The van der Waals surface area contributed by atoms with Gasteiger partial charge in [-0.05, 0) is 49.2 Å². The van der Waals surface area contributed by atoms with Gasteiger partial charge < -0.3 is 14.8 Å². The van der Waals surface area contributed by atoms with Crippen LogP contribution in [0, 0.1) is 0 Å². The van der Waals surface area contributed by atoms with Crippen molar-refractivity contribution in [1.29, 1.82) is 0 Å². The molecule has 2 fully saturated rings. The van der Waals surface area contributed by atoms with Gasteiger partial charge in [-0.25, -0.2) is 8.42 Å². The van der Waals surface area contributed by atoms with Crippen LogP contribution in [0.15, 0.2) is 47.5 Å². The lowest BCUT2D eigenvalue weighted by molar-refractivity contribution is -0.910. The Morgan fingerprint density at radius 1 is 1.14 bits per heavy atom. The summed E-state index contributed by atoms with van der Waals surface area (Å²) in [6.07, 6.45) is 6.07. The van der Waals surface area contributed by atoms with E-state index in [1.54, 1.807) is 24.3 Å². The van der Waals surface area contributed by atoms with Crippen molar-refractivity contribution in [3.05, 3.63) is 48.3 Å². The molecule has 1 aromatic carbocycles. The average molecular weight is 418 g/mol. The predicted molar refractivity (Wildman–Crippen MR) is 111 cm³/mol. The number of nitrogens with zero attached hydrogens (tertiary/aromatic N) is 2. The minimum Gasteiger partial charge on any atom is -0.350 e. The zero-order chi connectivity index (χ0) is 20.4. The van der Waals surface area contributed by atoms with Crippen LogP contribution in [-0.2, 0) is 21.9 Å². The van der Waals surface area contributed by atoms with Crippen molar-refractivity contribution in [2.45, 2.75) is 36.6 Å². The molecule has 0 aliphatic carbocycles. The Balaban J connectivity index is 1.38. The number of hydrogen-bond acceptors (Lipinski definition) is 3. The summed E-state index contributed by atoms with van der Waals surface area (Å²) >= 11 is 0. The van der Waals surface area contributed by atoms with E-state index in [9.17, 15) is 13.2 Å². The number of nitrogens with one attached hydrogen (secondary N) is 2. The second-order valence-electron chi connectivity index (χ2n) is 8.01. The third-order valence-electron chi connectivity index (χ3n) is 6.05. The van der Waals surface area contributed by atoms with E-state index >= 15 is 0 Å². The number of carbonyl (C=O) groups is 1. The van der Waals surface area contributed by atoms with Gasteiger partial charge in [-0.15, -0.1) is 0 Å². The van der Waals surface area contributed by atoms with E-state index in [0.29, 0.717) is 31.4 Å². The molecule has 7 nitrogen and oxygen atoms in total. The molecule has 8 heteroatoms. The molecule has 2 atom stereocenters. The number of amides is 1. The molecule has 156 valence electrons. The molecule has 3 heterocycles. The fraction of sp³-hybridized carbons (Fsp3) is 0.476. The first-order chi connectivity index (χ1) is 13.9. The Labute approximate surface area is 172 Å². The number of hydrogen-bond donors (Lipinski definition) is 2. The smallest absolute Gasteiger partial charge is 0.279 e. The highest BCUT2D eigenvalue weighted by atomic mass is 32.2. The minimum atomic E-state index is -3.42. The highest BCUT2D eigenvalue weighted by Crippen LogP contribution is 2.22. The van der Waals surface area contributed by atoms with Crippen LogP contribution in [0.4, 0.5) is 5.69 Å². The maximum atomic E-state index is 12.6. The van der Waals surface area contributed by atoms with E-state index in [4.69, 9.17) is 0 Å². The van der Waals surface area contributed by atoms with Crippen LogP contribution in [0.3, 0.4) is 0 Å². The van der Waals surface area contributed by atoms with Crippen LogP contribution in [0.25, 0.3) is 0 Å². The summed E-state index contributed by atoms with van der Waals surface area (Å²) in [6.45, 7) is 2.56. The van der Waals surface area contributed by atoms with Crippen LogP contribution in [0.5, 0.6) is 0 Å². The molecule has 1 unspecified atom stereocenters. The van der Waals surface area contributed by atoms with E-state index in [0.717, 1.165) is 32.2 Å². The zero-order valence-corrected chi connectivity index (χ0v) is 17.6. The van der Waals surface area contributed by atoms with Gasteiger partial charge in [0.25, 0.3) is 5.91 Å². The Kier molecular flexibility index (Phi) is 5.76. The lowest BCUT2D eigenvalue weighted by Crippen LogP contribution is -3.11. The highest BCUT2D eigenvalue weighted by molar-refractivity contribution is 7.89. The lowest BCUT2D eigenvalue weighted by Gasteiger charge is -2.21. The van der Waals surface area contributed by atoms with Crippen molar-refractivity contribution in [2.75, 3.05) is 31.5 Å². The Morgan fingerprint density at radius 2 is 1.86 bits per heavy atom. The van der Waals surface area contributed by atoms with Gasteiger partial charge in [0.05, 0.1) is 17.1 Å². The molecule has 2 aromatic rings. The number of anilines is 1. The second-order valence-corrected chi connectivity index (χ2v) is 9.95. The number of likely N-dealkylation sites (tertiary alicyclic amines) is 1. The lowest BCUT2D eigenvalue weighted by atomic mass is 10.1. The molecule has 1 aromatic heterocycles. The van der Waals surface area contributed by atoms with Crippen LogP contribution >= 0.6 is 0 Å². The molecular weight excluding hydrogens is 388 g/mol. The van der Waals surface area contributed by atoms with Crippen LogP contribution in [-0.4, -0.2) is 49.4 Å². The molecule has 0 saturated carbocycles. The number of carbonyl (C=O) groups excluding carboxylic acids is 1. The molecule has 1 amide bonds. The zero-order valence-electron chi connectivity index (χ0n) is 16.8. The molecule has 2 N–H and O–H groups in total. The highest BCUT2D eigenvalue weighted by Gasteiger charge is 2.33.